The van der Waals surface area contributed by atoms with Gasteiger partial charge in [-0.05, 0) is 18.4 Å². The molecule has 1 aromatic rings. The maximum Gasteiger partial charge on any atom is 0.0656 e. The largest absolute Gasteiger partial charge is 0.309 e. The predicted octanol–water partition coefficient (Wildman–Crippen LogP) is 1.50. The van der Waals surface area contributed by atoms with Crippen LogP contribution in [0, 0.1) is 0 Å². The van der Waals surface area contributed by atoms with Crippen LogP contribution in [0.1, 0.15) is 37.6 Å². The van der Waals surface area contributed by atoms with Gasteiger partial charge >= 0.3 is 0 Å². The molecule has 3 heteroatoms. The minimum atomic E-state index is 0.595. The fourth-order valence-electron chi connectivity index (χ4n) is 1.66. The molecule has 0 aliphatic carbocycles. The van der Waals surface area contributed by atoms with Gasteiger partial charge in [0.15, 0.2) is 0 Å². The molecule has 1 aromatic heterocycles. The van der Waals surface area contributed by atoms with Crippen LogP contribution in [0.3, 0.4) is 0 Å². The first-order valence-corrected chi connectivity index (χ1v) is 5.08. The van der Waals surface area contributed by atoms with Crippen LogP contribution in [0.5, 0.6) is 0 Å². The molecule has 0 radical (unpaired) electrons. The van der Waals surface area contributed by atoms with Crippen molar-refractivity contribution in [1.82, 2.24) is 15.1 Å². The lowest BCUT2D eigenvalue weighted by Crippen LogP contribution is -2.28. The molecule has 0 bridgehead atoms. The summed E-state index contributed by atoms with van der Waals surface area (Å²) >= 11 is 0. The Morgan fingerprint density at radius 3 is 3.23 bits per heavy atom. The molecule has 13 heavy (non-hydrogen) atoms. The number of rotatable bonds is 2. The van der Waals surface area contributed by atoms with Crippen LogP contribution in [0.25, 0.3) is 0 Å². The van der Waals surface area contributed by atoms with Crippen molar-refractivity contribution in [2.45, 2.75) is 39.3 Å². The van der Waals surface area contributed by atoms with Gasteiger partial charge in [-0.2, -0.15) is 5.10 Å². The molecular formula is C10H17N3. The highest BCUT2D eigenvalue weighted by Crippen LogP contribution is 2.19. The van der Waals surface area contributed by atoms with Gasteiger partial charge < -0.3 is 5.32 Å². The van der Waals surface area contributed by atoms with Crippen LogP contribution in [-0.2, 0) is 13.1 Å². The Labute approximate surface area is 79.1 Å². The quantitative estimate of drug-likeness (QED) is 0.745. The summed E-state index contributed by atoms with van der Waals surface area (Å²) in [6.07, 6.45) is 1.17. The maximum atomic E-state index is 4.60. The Kier molecular flexibility index (Phi) is 2.36. The number of nitrogens with zero attached hydrogens (tertiary/aromatic N) is 2. The lowest BCUT2D eigenvalue weighted by molar-refractivity contribution is 0.471. The van der Waals surface area contributed by atoms with Gasteiger partial charge in [0.1, 0.15) is 0 Å². The molecule has 0 spiro atoms. The molecule has 0 aromatic carbocycles. The van der Waals surface area contributed by atoms with E-state index in [0.29, 0.717) is 5.92 Å². The van der Waals surface area contributed by atoms with E-state index < -0.39 is 0 Å². The van der Waals surface area contributed by atoms with Crippen molar-refractivity contribution in [3.8, 4) is 0 Å². The highest BCUT2D eigenvalue weighted by Gasteiger charge is 2.14. The molecule has 0 saturated heterocycles. The van der Waals surface area contributed by atoms with Gasteiger partial charge in [0.25, 0.3) is 0 Å². The van der Waals surface area contributed by atoms with Crippen molar-refractivity contribution >= 4 is 0 Å². The van der Waals surface area contributed by atoms with Gasteiger partial charge in [-0.1, -0.05) is 13.8 Å². The van der Waals surface area contributed by atoms with Crippen molar-refractivity contribution in [3.05, 3.63) is 17.5 Å². The van der Waals surface area contributed by atoms with Crippen molar-refractivity contribution in [3.63, 3.8) is 0 Å². The number of aromatic nitrogens is 2. The lowest BCUT2D eigenvalue weighted by Gasteiger charge is -2.13. The summed E-state index contributed by atoms with van der Waals surface area (Å²) in [6.45, 7) is 7.49. The minimum Gasteiger partial charge on any atom is -0.309 e. The van der Waals surface area contributed by atoms with E-state index in [1.807, 2.05) is 0 Å². The van der Waals surface area contributed by atoms with Crippen LogP contribution in [-0.4, -0.2) is 16.3 Å². The zero-order valence-electron chi connectivity index (χ0n) is 8.38. The van der Waals surface area contributed by atoms with E-state index in [1.54, 1.807) is 0 Å². The van der Waals surface area contributed by atoms with E-state index in [1.165, 1.54) is 17.8 Å². The third-order valence-electron chi connectivity index (χ3n) is 2.81. The van der Waals surface area contributed by atoms with Crippen molar-refractivity contribution < 1.29 is 0 Å². The Hall–Kier alpha value is -0.830. The van der Waals surface area contributed by atoms with E-state index in [2.05, 4.69) is 35.0 Å². The van der Waals surface area contributed by atoms with Crippen LogP contribution >= 0.6 is 0 Å². The standard InChI is InChI=1S/C10H17N3/c1-3-8(2)10-6-9-7-11-4-5-13(9)12-10/h6,8,11H,3-5,7H2,1-2H3. The van der Waals surface area contributed by atoms with E-state index in [4.69, 9.17) is 0 Å². The molecule has 2 rings (SSSR count). The zero-order chi connectivity index (χ0) is 9.26. The van der Waals surface area contributed by atoms with Gasteiger partial charge in [0, 0.05) is 13.1 Å². The summed E-state index contributed by atoms with van der Waals surface area (Å²) in [5, 5.41) is 7.95. The normalized spacial score (nSPS) is 18.3. The molecule has 1 atom stereocenters. The second kappa shape index (κ2) is 3.50. The second-order valence-corrected chi connectivity index (χ2v) is 3.77. The van der Waals surface area contributed by atoms with Gasteiger partial charge in [0.05, 0.1) is 17.9 Å². The SMILES string of the molecule is CCC(C)c1cc2n(n1)CCNC2. The van der Waals surface area contributed by atoms with Gasteiger partial charge in [-0.3, -0.25) is 4.68 Å². The topological polar surface area (TPSA) is 29.9 Å². The summed E-state index contributed by atoms with van der Waals surface area (Å²) in [5.41, 5.74) is 2.59. The molecule has 72 valence electrons. The monoisotopic (exact) mass is 179 g/mol. The average molecular weight is 179 g/mol. The predicted molar refractivity (Wildman–Crippen MR) is 52.6 cm³/mol. The van der Waals surface area contributed by atoms with Crippen LogP contribution in [0.4, 0.5) is 0 Å². The third kappa shape index (κ3) is 1.61. The summed E-state index contributed by atoms with van der Waals surface area (Å²) in [4.78, 5) is 0. The summed E-state index contributed by atoms with van der Waals surface area (Å²) in [7, 11) is 0. The molecule has 1 N–H and O–H groups in total. The Morgan fingerprint density at radius 1 is 1.69 bits per heavy atom. The highest BCUT2D eigenvalue weighted by molar-refractivity contribution is 5.14. The van der Waals surface area contributed by atoms with Crippen LogP contribution in [0.2, 0.25) is 0 Å². The first kappa shape index (κ1) is 8.75. The Morgan fingerprint density at radius 2 is 2.54 bits per heavy atom. The molecule has 1 unspecified atom stereocenters. The molecule has 0 saturated carbocycles. The van der Waals surface area contributed by atoms with Gasteiger partial charge in [0.2, 0.25) is 0 Å². The number of fused-ring (bicyclic) bond motifs is 1. The van der Waals surface area contributed by atoms with Crippen molar-refractivity contribution in [2.24, 2.45) is 0 Å². The Bertz CT molecular complexity index is 267. The van der Waals surface area contributed by atoms with E-state index in [9.17, 15) is 0 Å². The van der Waals surface area contributed by atoms with E-state index >= 15 is 0 Å². The number of nitrogens with one attached hydrogen (secondary N) is 1. The first-order chi connectivity index (χ1) is 6.31. The van der Waals surface area contributed by atoms with Crippen molar-refractivity contribution in [2.75, 3.05) is 6.54 Å². The zero-order valence-corrected chi connectivity index (χ0v) is 8.38. The minimum absolute atomic E-state index is 0.595. The van der Waals surface area contributed by atoms with Crippen LogP contribution in [0.15, 0.2) is 6.07 Å². The third-order valence-corrected chi connectivity index (χ3v) is 2.81. The fraction of sp³-hybridized carbons (Fsp3) is 0.700. The average Bonchev–Trinajstić information content (AvgIpc) is 2.59. The van der Waals surface area contributed by atoms with E-state index in [0.717, 1.165) is 19.6 Å². The number of hydrogen-bond donors (Lipinski definition) is 1. The first-order valence-electron chi connectivity index (χ1n) is 5.08. The van der Waals surface area contributed by atoms with Gasteiger partial charge in [-0.25, -0.2) is 0 Å². The van der Waals surface area contributed by atoms with Crippen molar-refractivity contribution in [1.29, 1.82) is 0 Å². The summed E-state index contributed by atoms with van der Waals surface area (Å²) < 4.78 is 2.14. The number of hydrogen-bond acceptors (Lipinski definition) is 2. The molecular weight excluding hydrogens is 162 g/mol. The van der Waals surface area contributed by atoms with Gasteiger partial charge in [-0.15, -0.1) is 0 Å². The summed E-state index contributed by atoms with van der Waals surface area (Å²) in [6, 6.07) is 2.24. The fourth-order valence-corrected chi connectivity index (χ4v) is 1.66. The van der Waals surface area contributed by atoms with Crippen LogP contribution < -0.4 is 5.32 Å². The highest BCUT2D eigenvalue weighted by atomic mass is 15.3. The Balaban J connectivity index is 2.25. The maximum absolute atomic E-state index is 4.60. The summed E-state index contributed by atoms with van der Waals surface area (Å²) in [5.74, 6) is 0.595. The molecule has 3 nitrogen and oxygen atoms in total. The van der Waals surface area contributed by atoms with E-state index in [-0.39, 0.29) is 0 Å². The molecule has 0 fully saturated rings. The smallest absolute Gasteiger partial charge is 0.0656 e. The molecule has 2 heterocycles. The molecule has 1 aliphatic rings. The molecule has 0 amide bonds. The lowest BCUT2D eigenvalue weighted by atomic mass is 10.1. The molecule has 1 aliphatic heterocycles. The second-order valence-electron chi connectivity index (χ2n) is 3.77.